The van der Waals surface area contributed by atoms with Crippen LogP contribution in [0.2, 0.25) is 0 Å². The molecule has 0 amide bonds. The molecule has 1 aromatic heterocycles. The molecule has 2 aromatic rings. The normalized spacial score (nSPS) is 12.1. The topological polar surface area (TPSA) is 55.2 Å². The van der Waals surface area contributed by atoms with Crippen molar-refractivity contribution in [2.24, 2.45) is 0 Å². The van der Waals surface area contributed by atoms with Crippen LogP contribution in [0.4, 0.5) is 11.4 Å². The summed E-state index contributed by atoms with van der Waals surface area (Å²) in [5.74, 6) is 0. The van der Waals surface area contributed by atoms with Gasteiger partial charge in [0.05, 0.1) is 8.49 Å². The Balaban J connectivity index is 2.03. The largest absolute Gasteiger partial charge is 0.382 e. The van der Waals surface area contributed by atoms with Crippen LogP contribution in [-0.2, 0) is 6.42 Å². The monoisotopic (exact) mass is 388 g/mol. The van der Waals surface area contributed by atoms with Gasteiger partial charge >= 0.3 is 0 Å². The summed E-state index contributed by atoms with van der Waals surface area (Å²) in [7, 11) is 0. The number of rotatable bonds is 5. The zero-order chi connectivity index (χ0) is 13.8. The van der Waals surface area contributed by atoms with E-state index in [9.17, 15) is 10.1 Å². The Morgan fingerprint density at radius 1 is 1.47 bits per heavy atom. The van der Waals surface area contributed by atoms with Gasteiger partial charge in [-0.15, -0.1) is 11.3 Å². The number of nitro benzene ring substituents is 1. The summed E-state index contributed by atoms with van der Waals surface area (Å²) in [6.45, 7) is 2.11. The fourth-order valence-corrected chi connectivity index (χ4v) is 3.36. The van der Waals surface area contributed by atoms with Gasteiger partial charge in [-0.2, -0.15) is 0 Å². The molecule has 1 atom stereocenters. The van der Waals surface area contributed by atoms with E-state index in [2.05, 4.69) is 23.7 Å². The highest BCUT2D eigenvalue weighted by Gasteiger charge is 2.12. The van der Waals surface area contributed by atoms with Crippen LogP contribution in [0.25, 0.3) is 0 Å². The van der Waals surface area contributed by atoms with E-state index in [4.69, 9.17) is 0 Å². The predicted octanol–water partition coefficient (Wildman–Crippen LogP) is 4.30. The van der Waals surface area contributed by atoms with Crippen molar-refractivity contribution in [2.45, 2.75) is 19.4 Å². The van der Waals surface area contributed by atoms with E-state index < -0.39 is 0 Å². The van der Waals surface area contributed by atoms with E-state index in [1.165, 1.54) is 4.88 Å². The van der Waals surface area contributed by atoms with Crippen molar-refractivity contribution in [3.05, 3.63) is 54.3 Å². The van der Waals surface area contributed by atoms with Gasteiger partial charge in [-0.3, -0.25) is 10.1 Å². The number of hydrogen-bond acceptors (Lipinski definition) is 4. The maximum absolute atomic E-state index is 10.7. The van der Waals surface area contributed by atoms with Crippen molar-refractivity contribution >= 4 is 45.3 Å². The SMILES string of the molecule is CC(Cc1cccs1)Nc1ccc([N+](=O)[O-])c(I)c1. The van der Waals surface area contributed by atoms with Gasteiger partial charge in [0.25, 0.3) is 5.69 Å². The van der Waals surface area contributed by atoms with Crippen molar-refractivity contribution in [3.8, 4) is 0 Å². The number of nitro groups is 1. The summed E-state index contributed by atoms with van der Waals surface area (Å²) < 4.78 is 0.649. The lowest BCUT2D eigenvalue weighted by Crippen LogP contribution is -2.17. The molecule has 0 aliphatic heterocycles. The first-order chi connectivity index (χ1) is 9.06. The minimum Gasteiger partial charge on any atom is -0.382 e. The first kappa shape index (κ1) is 14.3. The van der Waals surface area contributed by atoms with Crippen molar-refractivity contribution < 1.29 is 4.92 Å². The van der Waals surface area contributed by atoms with Gasteiger partial charge in [0.1, 0.15) is 0 Å². The van der Waals surface area contributed by atoms with Gasteiger partial charge in [0.15, 0.2) is 0 Å². The summed E-state index contributed by atoms with van der Waals surface area (Å²) in [5, 5.41) is 16.2. The summed E-state index contributed by atoms with van der Waals surface area (Å²) in [4.78, 5) is 11.7. The van der Waals surface area contributed by atoms with E-state index in [-0.39, 0.29) is 16.7 Å². The number of nitrogens with zero attached hydrogens (tertiary/aromatic N) is 1. The summed E-state index contributed by atoms with van der Waals surface area (Å²) >= 11 is 3.73. The van der Waals surface area contributed by atoms with Crippen LogP contribution in [0.1, 0.15) is 11.8 Å². The molecule has 1 heterocycles. The van der Waals surface area contributed by atoms with Gasteiger partial charge in [-0.05, 0) is 53.1 Å². The zero-order valence-corrected chi connectivity index (χ0v) is 13.3. The van der Waals surface area contributed by atoms with E-state index in [0.29, 0.717) is 3.57 Å². The third-order valence-corrected chi connectivity index (χ3v) is 4.41. The average Bonchev–Trinajstić information content (AvgIpc) is 2.81. The number of benzene rings is 1. The van der Waals surface area contributed by atoms with Gasteiger partial charge in [-0.1, -0.05) is 6.07 Å². The fraction of sp³-hybridized carbons (Fsp3) is 0.231. The molecule has 0 saturated carbocycles. The summed E-state index contributed by atoms with van der Waals surface area (Å²) in [5.41, 5.74) is 1.07. The average molecular weight is 388 g/mol. The molecular weight excluding hydrogens is 375 g/mol. The van der Waals surface area contributed by atoms with Gasteiger partial charge in [0, 0.05) is 29.1 Å². The molecule has 2 rings (SSSR count). The Morgan fingerprint density at radius 2 is 2.26 bits per heavy atom. The van der Waals surface area contributed by atoms with Crippen LogP contribution in [0.15, 0.2) is 35.7 Å². The third kappa shape index (κ3) is 3.90. The quantitative estimate of drug-likeness (QED) is 0.472. The van der Waals surface area contributed by atoms with Crippen molar-refractivity contribution in [1.29, 1.82) is 0 Å². The Bertz CT molecular complexity index is 572. The first-order valence-corrected chi connectivity index (χ1v) is 7.75. The molecule has 0 fully saturated rings. The minimum absolute atomic E-state index is 0.150. The van der Waals surface area contributed by atoms with Crippen LogP contribution in [0.5, 0.6) is 0 Å². The van der Waals surface area contributed by atoms with Crippen LogP contribution >= 0.6 is 33.9 Å². The van der Waals surface area contributed by atoms with E-state index >= 15 is 0 Å². The van der Waals surface area contributed by atoms with Crippen molar-refractivity contribution in [3.63, 3.8) is 0 Å². The minimum atomic E-state index is -0.360. The lowest BCUT2D eigenvalue weighted by molar-refractivity contribution is -0.385. The maximum Gasteiger partial charge on any atom is 0.282 e. The number of hydrogen-bond donors (Lipinski definition) is 1. The van der Waals surface area contributed by atoms with E-state index in [1.807, 2.05) is 34.7 Å². The highest BCUT2D eigenvalue weighted by atomic mass is 127. The number of anilines is 1. The van der Waals surface area contributed by atoms with Crippen LogP contribution in [0.3, 0.4) is 0 Å². The maximum atomic E-state index is 10.7. The highest BCUT2D eigenvalue weighted by molar-refractivity contribution is 14.1. The molecule has 4 nitrogen and oxygen atoms in total. The Morgan fingerprint density at radius 3 is 2.84 bits per heavy atom. The zero-order valence-electron chi connectivity index (χ0n) is 10.3. The molecule has 19 heavy (non-hydrogen) atoms. The molecule has 0 saturated heterocycles. The van der Waals surface area contributed by atoms with Crippen molar-refractivity contribution in [2.75, 3.05) is 5.32 Å². The lowest BCUT2D eigenvalue weighted by atomic mass is 10.2. The second kappa shape index (κ2) is 6.33. The molecule has 1 N–H and O–H groups in total. The third-order valence-electron chi connectivity index (χ3n) is 2.64. The second-order valence-electron chi connectivity index (χ2n) is 4.25. The molecule has 0 radical (unpaired) electrons. The van der Waals surface area contributed by atoms with Crippen LogP contribution in [-0.4, -0.2) is 11.0 Å². The Labute approximate surface area is 129 Å². The summed E-state index contributed by atoms with van der Waals surface area (Å²) in [6.07, 6.45) is 0.950. The number of nitrogens with one attached hydrogen (secondary N) is 1. The molecular formula is C13H13IN2O2S. The van der Waals surface area contributed by atoms with Gasteiger partial charge < -0.3 is 5.32 Å². The fourth-order valence-electron chi connectivity index (χ4n) is 1.81. The Kier molecular flexibility index (Phi) is 4.76. The molecule has 1 aromatic carbocycles. The predicted molar refractivity (Wildman–Crippen MR) is 86.9 cm³/mol. The van der Waals surface area contributed by atoms with E-state index in [1.54, 1.807) is 23.5 Å². The molecule has 0 aliphatic rings. The van der Waals surface area contributed by atoms with Gasteiger partial charge in [-0.25, -0.2) is 0 Å². The molecule has 0 aliphatic carbocycles. The standard InChI is InChI=1S/C13H13IN2O2S/c1-9(7-11-3-2-6-19-11)15-10-4-5-13(16(17)18)12(14)8-10/h2-6,8-9,15H,7H2,1H3. The van der Waals surface area contributed by atoms with Crippen LogP contribution in [0, 0.1) is 13.7 Å². The number of thiophene rings is 1. The highest BCUT2D eigenvalue weighted by Crippen LogP contribution is 2.25. The van der Waals surface area contributed by atoms with E-state index in [0.717, 1.165) is 12.1 Å². The van der Waals surface area contributed by atoms with Gasteiger partial charge in [0.2, 0.25) is 0 Å². The molecule has 0 bridgehead atoms. The lowest BCUT2D eigenvalue weighted by Gasteiger charge is -2.14. The number of halogens is 1. The first-order valence-electron chi connectivity index (χ1n) is 5.79. The molecule has 1 unspecified atom stereocenters. The molecule has 100 valence electrons. The second-order valence-corrected chi connectivity index (χ2v) is 6.45. The smallest absolute Gasteiger partial charge is 0.282 e. The summed E-state index contributed by atoms with van der Waals surface area (Å²) in [6, 6.07) is 9.55. The van der Waals surface area contributed by atoms with Crippen molar-refractivity contribution in [1.82, 2.24) is 0 Å². The Hall–Kier alpha value is -1.15. The molecule has 6 heteroatoms. The van der Waals surface area contributed by atoms with Crippen LogP contribution < -0.4 is 5.32 Å². The molecule has 0 spiro atoms.